The largest absolute Gasteiger partial charge is 0.497 e. The van der Waals surface area contributed by atoms with Crippen LogP contribution in [0.3, 0.4) is 0 Å². The lowest BCUT2D eigenvalue weighted by molar-refractivity contribution is -0.131. The molecule has 116 valence electrons. The quantitative estimate of drug-likeness (QED) is 0.672. The zero-order chi connectivity index (χ0) is 15.5. The van der Waals surface area contributed by atoms with Crippen molar-refractivity contribution >= 4 is 5.91 Å². The standard InChI is InChI=1S/C16H24N2O3/c1-20-14-7-5-6-13(12-14)8-9-15(21-2)16(19)18-11-4-3-10-17/h3-7,12,15H,8-11,17H2,1-2H3,(H,18,19)/b4-3+/t15-/m0/s1. The fraction of sp³-hybridized carbons (Fsp3) is 0.438. The van der Waals surface area contributed by atoms with Crippen LogP contribution in [-0.4, -0.2) is 39.3 Å². The summed E-state index contributed by atoms with van der Waals surface area (Å²) in [5.41, 5.74) is 6.45. The molecule has 21 heavy (non-hydrogen) atoms. The number of hydrogen-bond acceptors (Lipinski definition) is 4. The molecule has 1 atom stereocenters. The van der Waals surface area contributed by atoms with Crippen LogP contribution in [0.25, 0.3) is 0 Å². The van der Waals surface area contributed by atoms with Gasteiger partial charge in [0, 0.05) is 20.2 Å². The number of carbonyl (C=O) groups excluding carboxylic acids is 1. The Morgan fingerprint density at radius 1 is 1.38 bits per heavy atom. The lowest BCUT2D eigenvalue weighted by Crippen LogP contribution is -2.36. The van der Waals surface area contributed by atoms with Crippen molar-refractivity contribution in [1.29, 1.82) is 0 Å². The van der Waals surface area contributed by atoms with E-state index < -0.39 is 6.10 Å². The Hall–Kier alpha value is -1.85. The Bertz CT molecular complexity index is 461. The molecule has 0 unspecified atom stereocenters. The Kier molecular flexibility index (Phi) is 8.16. The summed E-state index contributed by atoms with van der Waals surface area (Å²) in [6, 6.07) is 7.81. The van der Waals surface area contributed by atoms with Crippen LogP contribution in [0.15, 0.2) is 36.4 Å². The number of rotatable bonds is 9. The number of amides is 1. The summed E-state index contributed by atoms with van der Waals surface area (Å²) < 4.78 is 10.4. The van der Waals surface area contributed by atoms with E-state index in [-0.39, 0.29) is 5.91 Å². The fourth-order valence-corrected chi connectivity index (χ4v) is 1.93. The molecule has 0 aliphatic carbocycles. The molecule has 1 rings (SSSR count). The van der Waals surface area contributed by atoms with Crippen molar-refractivity contribution in [1.82, 2.24) is 5.32 Å². The highest BCUT2D eigenvalue weighted by molar-refractivity contribution is 5.80. The minimum atomic E-state index is -0.456. The van der Waals surface area contributed by atoms with Crippen molar-refractivity contribution < 1.29 is 14.3 Å². The van der Waals surface area contributed by atoms with Crippen LogP contribution < -0.4 is 15.8 Å². The smallest absolute Gasteiger partial charge is 0.249 e. The van der Waals surface area contributed by atoms with E-state index in [4.69, 9.17) is 15.2 Å². The second-order valence-corrected chi connectivity index (χ2v) is 4.57. The van der Waals surface area contributed by atoms with Gasteiger partial charge < -0.3 is 20.5 Å². The summed E-state index contributed by atoms with van der Waals surface area (Å²) in [7, 11) is 3.19. The van der Waals surface area contributed by atoms with Gasteiger partial charge in [-0.05, 0) is 30.5 Å². The first kappa shape index (κ1) is 17.2. The molecular formula is C16H24N2O3. The van der Waals surface area contributed by atoms with Crippen LogP contribution in [-0.2, 0) is 16.0 Å². The molecular weight excluding hydrogens is 268 g/mol. The summed E-state index contributed by atoms with van der Waals surface area (Å²) >= 11 is 0. The van der Waals surface area contributed by atoms with Crippen molar-refractivity contribution in [3.05, 3.63) is 42.0 Å². The highest BCUT2D eigenvalue weighted by Gasteiger charge is 2.16. The van der Waals surface area contributed by atoms with Gasteiger partial charge >= 0.3 is 0 Å². The first-order valence-electron chi connectivity index (χ1n) is 6.99. The minimum absolute atomic E-state index is 0.109. The SMILES string of the molecule is COc1cccc(CC[C@H](OC)C(=O)NC/C=C/CN)c1. The molecule has 0 fully saturated rings. The van der Waals surface area contributed by atoms with Gasteiger partial charge in [-0.2, -0.15) is 0 Å². The lowest BCUT2D eigenvalue weighted by atomic mass is 10.1. The first-order chi connectivity index (χ1) is 10.2. The average Bonchev–Trinajstić information content (AvgIpc) is 2.52. The molecule has 0 spiro atoms. The predicted molar refractivity (Wildman–Crippen MR) is 83.3 cm³/mol. The van der Waals surface area contributed by atoms with Crippen LogP contribution in [0.1, 0.15) is 12.0 Å². The number of nitrogens with two attached hydrogens (primary N) is 1. The molecule has 0 saturated heterocycles. The predicted octanol–water partition coefficient (Wildman–Crippen LogP) is 1.27. The van der Waals surface area contributed by atoms with Gasteiger partial charge in [0.1, 0.15) is 11.9 Å². The third-order valence-corrected chi connectivity index (χ3v) is 3.10. The van der Waals surface area contributed by atoms with E-state index in [1.54, 1.807) is 20.3 Å². The van der Waals surface area contributed by atoms with E-state index in [0.29, 0.717) is 19.5 Å². The number of methoxy groups -OCH3 is 2. The molecule has 0 aliphatic rings. The van der Waals surface area contributed by atoms with Crippen molar-refractivity contribution in [3.8, 4) is 5.75 Å². The molecule has 0 heterocycles. The molecule has 0 aliphatic heterocycles. The number of nitrogens with one attached hydrogen (secondary N) is 1. The molecule has 5 heteroatoms. The number of carbonyl (C=O) groups is 1. The molecule has 0 saturated carbocycles. The zero-order valence-corrected chi connectivity index (χ0v) is 12.7. The number of ether oxygens (including phenoxy) is 2. The Balaban J connectivity index is 2.45. The normalized spacial score (nSPS) is 12.3. The molecule has 3 N–H and O–H groups in total. The molecule has 0 bridgehead atoms. The summed E-state index contributed by atoms with van der Waals surface area (Å²) in [6.07, 6.45) is 4.55. The summed E-state index contributed by atoms with van der Waals surface area (Å²) in [4.78, 5) is 12.0. The Morgan fingerprint density at radius 3 is 2.86 bits per heavy atom. The maximum atomic E-state index is 12.0. The van der Waals surface area contributed by atoms with Crippen LogP contribution in [0.5, 0.6) is 5.75 Å². The third-order valence-electron chi connectivity index (χ3n) is 3.10. The maximum absolute atomic E-state index is 12.0. The fourth-order valence-electron chi connectivity index (χ4n) is 1.93. The van der Waals surface area contributed by atoms with Crippen LogP contribution in [0, 0.1) is 0 Å². The molecule has 0 aromatic heterocycles. The first-order valence-corrected chi connectivity index (χ1v) is 6.99. The second-order valence-electron chi connectivity index (χ2n) is 4.57. The molecule has 0 radical (unpaired) electrons. The zero-order valence-electron chi connectivity index (χ0n) is 12.7. The number of benzene rings is 1. The van der Waals surface area contributed by atoms with Crippen molar-refractivity contribution in [2.75, 3.05) is 27.3 Å². The van der Waals surface area contributed by atoms with Gasteiger partial charge in [-0.15, -0.1) is 0 Å². The summed E-state index contributed by atoms with van der Waals surface area (Å²) in [5.74, 6) is 0.708. The van der Waals surface area contributed by atoms with Crippen molar-refractivity contribution in [3.63, 3.8) is 0 Å². The van der Waals surface area contributed by atoms with E-state index >= 15 is 0 Å². The minimum Gasteiger partial charge on any atom is -0.497 e. The van der Waals surface area contributed by atoms with E-state index in [0.717, 1.165) is 17.7 Å². The van der Waals surface area contributed by atoms with Crippen molar-refractivity contribution in [2.45, 2.75) is 18.9 Å². The Morgan fingerprint density at radius 2 is 2.19 bits per heavy atom. The van der Waals surface area contributed by atoms with Crippen LogP contribution in [0.4, 0.5) is 0 Å². The van der Waals surface area contributed by atoms with Crippen LogP contribution in [0.2, 0.25) is 0 Å². The van der Waals surface area contributed by atoms with Gasteiger partial charge in [-0.25, -0.2) is 0 Å². The lowest BCUT2D eigenvalue weighted by Gasteiger charge is -2.14. The third kappa shape index (κ3) is 6.42. The highest BCUT2D eigenvalue weighted by atomic mass is 16.5. The van der Waals surface area contributed by atoms with E-state index in [2.05, 4.69) is 5.32 Å². The second kappa shape index (κ2) is 9.96. The van der Waals surface area contributed by atoms with Gasteiger partial charge in [0.2, 0.25) is 5.91 Å². The van der Waals surface area contributed by atoms with Gasteiger partial charge in [0.15, 0.2) is 0 Å². The van der Waals surface area contributed by atoms with E-state index in [1.807, 2.05) is 30.3 Å². The summed E-state index contributed by atoms with van der Waals surface area (Å²) in [5, 5.41) is 2.80. The van der Waals surface area contributed by atoms with Crippen LogP contribution >= 0.6 is 0 Å². The average molecular weight is 292 g/mol. The monoisotopic (exact) mass is 292 g/mol. The van der Waals surface area contributed by atoms with Gasteiger partial charge in [0.05, 0.1) is 7.11 Å². The topological polar surface area (TPSA) is 73.6 Å². The summed E-state index contributed by atoms with van der Waals surface area (Å²) in [6.45, 7) is 0.939. The molecule has 1 aromatic rings. The molecule has 1 aromatic carbocycles. The molecule has 5 nitrogen and oxygen atoms in total. The van der Waals surface area contributed by atoms with E-state index in [9.17, 15) is 4.79 Å². The Labute approximate surface area is 126 Å². The van der Waals surface area contributed by atoms with Gasteiger partial charge in [-0.3, -0.25) is 4.79 Å². The van der Waals surface area contributed by atoms with Gasteiger partial charge in [0.25, 0.3) is 0 Å². The van der Waals surface area contributed by atoms with Gasteiger partial charge in [-0.1, -0.05) is 24.3 Å². The number of hydrogen-bond donors (Lipinski definition) is 2. The maximum Gasteiger partial charge on any atom is 0.249 e. The molecule has 1 amide bonds. The highest BCUT2D eigenvalue weighted by Crippen LogP contribution is 2.15. The number of aryl methyl sites for hydroxylation is 1. The van der Waals surface area contributed by atoms with Crippen molar-refractivity contribution in [2.24, 2.45) is 5.73 Å². The van der Waals surface area contributed by atoms with E-state index in [1.165, 1.54) is 0 Å².